The van der Waals surface area contributed by atoms with Crippen LogP contribution in [0.4, 0.5) is 4.79 Å². The summed E-state index contributed by atoms with van der Waals surface area (Å²) in [6.07, 6.45) is 11.1. The van der Waals surface area contributed by atoms with Crippen LogP contribution in [0.5, 0.6) is 0 Å². The van der Waals surface area contributed by atoms with Crippen LogP contribution in [0.15, 0.2) is 24.3 Å². The molecule has 0 aromatic heterocycles. The van der Waals surface area contributed by atoms with Crippen molar-refractivity contribution in [3.05, 3.63) is 24.3 Å². The topological polar surface area (TPSA) is 136 Å². The normalized spacial score (nSPS) is 37.8. The van der Waals surface area contributed by atoms with E-state index in [9.17, 15) is 19.2 Å². The monoisotopic (exact) mass is 757 g/mol. The van der Waals surface area contributed by atoms with Crippen molar-refractivity contribution in [3.8, 4) is 0 Å². The van der Waals surface area contributed by atoms with Gasteiger partial charge in [-0.3, -0.25) is 14.4 Å². The molecule has 304 valence electrons. The van der Waals surface area contributed by atoms with E-state index < -0.39 is 54.6 Å². The van der Waals surface area contributed by atoms with Gasteiger partial charge in [0.05, 0.1) is 6.10 Å². The lowest BCUT2D eigenvalue weighted by Gasteiger charge is -2.58. The van der Waals surface area contributed by atoms with Gasteiger partial charge in [0, 0.05) is 20.8 Å². The maximum atomic E-state index is 12.9. The maximum absolute atomic E-state index is 12.9. The lowest BCUT2D eigenvalue weighted by molar-refractivity contribution is -0.289. The van der Waals surface area contributed by atoms with Gasteiger partial charge >= 0.3 is 24.0 Å². The predicted molar refractivity (Wildman–Crippen MR) is 203 cm³/mol. The Kier molecular flexibility index (Phi) is 14.0. The molecule has 0 aromatic rings. The Labute approximate surface area is 323 Å². The van der Waals surface area contributed by atoms with Crippen LogP contribution < -0.4 is 5.32 Å². The first-order chi connectivity index (χ1) is 25.6. The van der Waals surface area contributed by atoms with E-state index in [4.69, 9.17) is 28.4 Å². The van der Waals surface area contributed by atoms with E-state index in [0.29, 0.717) is 23.7 Å². The fourth-order valence-electron chi connectivity index (χ4n) is 11.4. The van der Waals surface area contributed by atoms with Crippen LogP contribution in [0.2, 0.25) is 0 Å². The summed E-state index contributed by atoms with van der Waals surface area (Å²) in [5.41, 5.74) is 1.93. The zero-order chi connectivity index (χ0) is 39.4. The molecule has 3 saturated carbocycles. The van der Waals surface area contributed by atoms with Gasteiger partial charge in [-0.15, -0.1) is 0 Å². The van der Waals surface area contributed by atoms with Gasteiger partial charge < -0.3 is 33.7 Å². The van der Waals surface area contributed by atoms with Crippen molar-refractivity contribution >= 4 is 24.0 Å². The van der Waals surface area contributed by atoms with Gasteiger partial charge in [-0.05, 0) is 97.7 Å². The SMILES string of the molecule is C=CCOC(=O)N[C@H]1[C@H](O[C@H]2CC[C@@]3(C)C(=CC[C@H]4[C@@H]5CC[C@H]([C@H](C)CCCC(C)C)[C@@]5(C)CC[C@@H]43)C2)O[C@H](COC(C)=O)[C@@H](OC(C)=O)[C@@H]1OC(C)=O. The van der Waals surface area contributed by atoms with E-state index in [1.165, 1.54) is 77.4 Å². The third kappa shape index (κ3) is 9.36. The summed E-state index contributed by atoms with van der Waals surface area (Å²) >= 11 is 0. The quantitative estimate of drug-likeness (QED) is 0.106. The van der Waals surface area contributed by atoms with Crippen molar-refractivity contribution in [1.82, 2.24) is 5.32 Å². The van der Waals surface area contributed by atoms with Gasteiger partial charge in [-0.1, -0.05) is 78.2 Å². The Hall–Kier alpha value is -2.92. The number of carbonyl (C=O) groups excluding carboxylic acids is 4. The molecule has 4 fully saturated rings. The zero-order valence-electron chi connectivity index (χ0n) is 34.1. The first kappa shape index (κ1) is 42.2. The first-order valence-corrected chi connectivity index (χ1v) is 20.6. The minimum atomic E-state index is -1.23. The fraction of sp³-hybridized carbons (Fsp3) is 0.814. The molecule has 13 atom stereocenters. The number of rotatable bonds is 14. The molecule has 1 N–H and O–H groups in total. The molecule has 11 nitrogen and oxygen atoms in total. The first-order valence-electron chi connectivity index (χ1n) is 20.6. The number of nitrogens with one attached hydrogen (secondary N) is 1. The second kappa shape index (κ2) is 17.9. The Morgan fingerprint density at radius 3 is 2.31 bits per heavy atom. The molecule has 0 unspecified atom stereocenters. The average molecular weight is 758 g/mol. The third-order valence-corrected chi connectivity index (χ3v) is 13.9. The minimum absolute atomic E-state index is 0.0544. The van der Waals surface area contributed by atoms with Crippen LogP contribution in [0.1, 0.15) is 126 Å². The number of ether oxygens (including phenoxy) is 6. The summed E-state index contributed by atoms with van der Waals surface area (Å²) in [5.74, 6) is 2.56. The van der Waals surface area contributed by atoms with E-state index in [0.717, 1.165) is 42.9 Å². The summed E-state index contributed by atoms with van der Waals surface area (Å²) < 4.78 is 34.9. The molecular weight excluding hydrogens is 690 g/mol. The Bertz CT molecular complexity index is 1400. The highest BCUT2D eigenvalue weighted by Gasteiger charge is 2.60. The number of fused-ring (bicyclic) bond motifs is 5. The van der Waals surface area contributed by atoms with Crippen molar-refractivity contribution in [2.45, 2.75) is 163 Å². The fourth-order valence-corrected chi connectivity index (χ4v) is 11.4. The van der Waals surface area contributed by atoms with Crippen LogP contribution in [0, 0.1) is 46.3 Å². The van der Waals surface area contributed by atoms with Crippen molar-refractivity contribution in [1.29, 1.82) is 0 Å². The van der Waals surface area contributed by atoms with Crippen LogP contribution in [0.25, 0.3) is 0 Å². The highest BCUT2D eigenvalue weighted by atomic mass is 16.7. The summed E-state index contributed by atoms with van der Waals surface area (Å²) in [6, 6.07) is -1.11. The molecule has 0 spiro atoms. The second-order valence-electron chi connectivity index (χ2n) is 17.8. The van der Waals surface area contributed by atoms with Crippen LogP contribution in [-0.4, -0.2) is 74.0 Å². The molecule has 5 rings (SSSR count). The highest BCUT2D eigenvalue weighted by molar-refractivity contribution is 5.69. The number of hydrogen-bond acceptors (Lipinski definition) is 10. The molecule has 11 heteroatoms. The number of amides is 1. The third-order valence-electron chi connectivity index (χ3n) is 13.9. The smallest absolute Gasteiger partial charge is 0.407 e. The number of alkyl carbamates (subject to hydrolysis) is 1. The minimum Gasteiger partial charge on any atom is -0.463 e. The van der Waals surface area contributed by atoms with Gasteiger partial charge in [-0.25, -0.2) is 4.79 Å². The maximum Gasteiger partial charge on any atom is 0.407 e. The molecule has 54 heavy (non-hydrogen) atoms. The molecule has 1 aliphatic heterocycles. The standard InChI is InChI=1S/C43H67NO10/c1-10-22-49-41(48)44-37-39(52-29(7)47)38(51-28(6)46)36(24-50-27(5)45)54-40(37)53-31-18-20-42(8)30(23-31)14-15-32-34-17-16-33(26(4)13-11-12-25(2)3)43(34,9)21-19-35(32)42/h10,14,25-26,31-40H,1,11-13,15-24H2,2-9H3,(H,44,48)/t26-,31+,32+,33-,34+,35+,36-,37-,38-,39-,40-,42+,43-/m1/s1. The Morgan fingerprint density at radius 1 is 0.926 bits per heavy atom. The van der Waals surface area contributed by atoms with E-state index >= 15 is 0 Å². The Balaban J connectivity index is 1.34. The van der Waals surface area contributed by atoms with Crippen molar-refractivity contribution in [3.63, 3.8) is 0 Å². The van der Waals surface area contributed by atoms with E-state index in [2.05, 4.69) is 52.6 Å². The highest BCUT2D eigenvalue weighted by Crippen LogP contribution is 2.67. The molecule has 4 aliphatic carbocycles. The average Bonchev–Trinajstić information content (AvgIpc) is 3.46. The molecule has 1 saturated heterocycles. The Morgan fingerprint density at radius 2 is 1.65 bits per heavy atom. The van der Waals surface area contributed by atoms with Gasteiger partial charge in [0.1, 0.15) is 25.4 Å². The van der Waals surface area contributed by atoms with Crippen LogP contribution in [-0.2, 0) is 42.8 Å². The molecule has 1 amide bonds. The van der Waals surface area contributed by atoms with Gasteiger partial charge in [0.15, 0.2) is 18.5 Å². The zero-order valence-corrected chi connectivity index (χ0v) is 34.1. The summed E-state index contributed by atoms with van der Waals surface area (Å²) in [6.45, 7) is 19.2. The van der Waals surface area contributed by atoms with Crippen molar-refractivity contribution in [2.24, 2.45) is 46.3 Å². The molecule has 0 bridgehead atoms. The van der Waals surface area contributed by atoms with E-state index in [1.807, 2.05) is 0 Å². The van der Waals surface area contributed by atoms with Gasteiger partial charge in [0.2, 0.25) is 0 Å². The molecule has 0 aromatic carbocycles. The second-order valence-corrected chi connectivity index (χ2v) is 17.8. The lowest BCUT2D eigenvalue weighted by Crippen LogP contribution is -2.67. The summed E-state index contributed by atoms with van der Waals surface area (Å²) in [5, 5.41) is 2.74. The molecule has 0 radical (unpaired) electrons. The van der Waals surface area contributed by atoms with Crippen LogP contribution in [0.3, 0.4) is 0 Å². The molecular formula is C43H67NO10. The number of hydrogen-bond donors (Lipinski definition) is 1. The molecule has 1 heterocycles. The van der Waals surface area contributed by atoms with Crippen molar-refractivity contribution < 1.29 is 47.6 Å². The lowest BCUT2D eigenvalue weighted by atomic mass is 9.47. The summed E-state index contributed by atoms with van der Waals surface area (Å²) in [4.78, 5) is 49.5. The van der Waals surface area contributed by atoms with Gasteiger partial charge in [0.25, 0.3) is 0 Å². The predicted octanol–water partition coefficient (Wildman–Crippen LogP) is 7.85. The van der Waals surface area contributed by atoms with E-state index in [-0.39, 0.29) is 24.7 Å². The van der Waals surface area contributed by atoms with Crippen molar-refractivity contribution in [2.75, 3.05) is 13.2 Å². The van der Waals surface area contributed by atoms with Crippen LogP contribution >= 0.6 is 0 Å². The molecule has 5 aliphatic rings. The number of allylic oxidation sites excluding steroid dienone is 1. The number of carbonyl (C=O) groups is 4. The van der Waals surface area contributed by atoms with Gasteiger partial charge in [-0.2, -0.15) is 0 Å². The largest absolute Gasteiger partial charge is 0.463 e. The van der Waals surface area contributed by atoms with E-state index in [1.54, 1.807) is 0 Å². The number of esters is 3. The summed E-state index contributed by atoms with van der Waals surface area (Å²) in [7, 11) is 0.